The summed E-state index contributed by atoms with van der Waals surface area (Å²) in [4.78, 5) is 29.3. The molecule has 1 heterocycles. The third kappa shape index (κ3) is 5.28. The van der Waals surface area contributed by atoms with E-state index in [-0.39, 0.29) is 18.4 Å². The molecule has 0 spiro atoms. The molecular weight excluding hydrogens is 402 g/mol. The van der Waals surface area contributed by atoms with Gasteiger partial charge in [0.1, 0.15) is 12.4 Å². The maximum Gasteiger partial charge on any atom is 0.254 e. The van der Waals surface area contributed by atoms with Crippen LogP contribution in [-0.2, 0) is 11.4 Å². The minimum Gasteiger partial charge on any atom is -0.489 e. The number of carbonyl (C=O) groups is 2. The third-order valence-corrected chi connectivity index (χ3v) is 6.47. The highest BCUT2D eigenvalue weighted by Gasteiger charge is 2.27. The van der Waals surface area contributed by atoms with E-state index in [2.05, 4.69) is 6.07 Å². The Kier molecular flexibility index (Phi) is 7.06. The highest BCUT2D eigenvalue weighted by Crippen LogP contribution is 2.28. The number of piperazine rings is 1. The van der Waals surface area contributed by atoms with Gasteiger partial charge in [-0.2, -0.15) is 5.26 Å². The fourth-order valence-electron chi connectivity index (χ4n) is 4.57. The van der Waals surface area contributed by atoms with E-state index in [1.54, 1.807) is 24.3 Å². The van der Waals surface area contributed by atoms with Crippen molar-refractivity contribution in [1.82, 2.24) is 9.80 Å². The van der Waals surface area contributed by atoms with Gasteiger partial charge in [0.25, 0.3) is 5.91 Å². The average molecular weight is 432 g/mol. The number of hydrogen-bond acceptors (Lipinski definition) is 4. The van der Waals surface area contributed by atoms with Crippen LogP contribution in [0.1, 0.15) is 53.6 Å². The molecule has 0 aromatic heterocycles. The van der Waals surface area contributed by atoms with Crippen molar-refractivity contribution in [3.63, 3.8) is 0 Å². The fourth-order valence-corrected chi connectivity index (χ4v) is 4.57. The molecule has 6 nitrogen and oxygen atoms in total. The lowest BCUT2D eigenvalue weighted by molar-refractivity contribution is -0.133. The van der Waals surface area contributed by atoms with E-state index >= 15 is 0 Å². The van der Waals surface area contributed by atoms with Crippen LogP contribution >= 0.6 is 0 Å². The van der Waals surface area contributed by atoms with Crippen molar-refractivity contribution < 1.29 is 14.3 Å². The SMILES string of the molecule is N#Cc1ccccc1COc1cccc(C(=O)N2CCN(C(=O)CC3CCCC3)CC2)c1. The Hall–Kier alpha value is -3.33. The van der Waals surface area contributed by atoms with Gasteiger partial charge in [0.2, 0.25) is 5.91 Å². The van der Waals surface area contributed by atoms with Crippen molar-refractivity contribution in [1.29, 1.82) is 5.26 Å². The van der Waals surface area contributed by atoms with E-state index in [1.807, 2.05) is 34.1 Å². The molecule has 0 radical (unpaired) electrons. The summed E-state index contributed by atoms with van der Waals surface area (Å²) < 4.78 is 5.85. The molecular formula is C26H29N3O3. The Morgan fingerprint density at radius 2 is 1.69 bits per heavy atom. The van der Waals surface area contributed by atoms with Gasteiger partial charge in [-0.25, -0.2) is 0 Å². The molecule has 1 aliphatic heterocycles. The van der Waals surface area contributed by atoms with Gasteiger partial charge >= 0.3 is 0 Å². The normalized spacial score (nSPS) is 16.6. The van der Waals surface area contributed by atoms with Crippen LogP contribution < -0.4 is 4.74 Å². The maximum atomic E-state index is 13.0. The molecule has 1 saturated carbocycles. The van der Waals surface area contributed by atoms with Crippen LogP contribution in [0.4, 0.5) is 0 Å². The van der Waals surface area contributed by atoms with E-state index in [0.29, 0.717) is 55.4 Å². The van der Waals surface area contributed by atoms with Crippen molar-refractivity contribution in [2.45, 2.75) is 38.7 Å². The molecule has 2 amide bonds. The van der Waals surface area contributed by atoms with Crippen LogP contribution in [-0.4, -0.2) is 47.8 Å². The lowest BCUT2D eigenvalue weighted by Gasteiger charge is -2.35. The van der Waals surface area contributed by atoms with E-state index in [9.17, 15) is 14.9 Å². The van der Waals surface area contributed by atoms with Gasteiger partial charge < -0.3 is 14.5 Å². The van der Waals surface area contributed by atoms with E-state index < -0.39 is 0 Å². The predicted molar refractivity (Wildman–Crippen MR) is 121 cm³/mol. The second-order valence-electron chi connectivity index (χ2n) is 8.61. The lowest BCUT2D eigenvalue weighted by Crippen LogP contribution is -2.50. The topological polar surface area (TPSA) is 73.6 Å². The van der Waals surface area contributed by atoms with Crippen molar-refractivity contribution >= 4 is 11.8 Å². The first-order valence-corrected chi connectivity index (χ1v) is 11.4. The summed E-state index contributed by atoms with van der Waals surface area (Å²) in [5.41, 5.74) is 1.96. The number of carbonyl (C=O) groups excluding carboxylic acids is 2. The largest absolute Gasteiger partial charge is 0.489 e. The highest BCUT2D eigenvalue weighted by molar-refractivity contribution is 5.94. The zero-order valence-electron chi connectivity index (χ0n) is 18.3. The number of rotatable bonds is 6. The first-order valence-electron chi connectivity index (χ1n) is 11.4. The molecule has 166 valence electrons. The summed E-state index contributed by atoms with van der Waals surface area (Å²) in [5, 5.41) is 9.22. The average Bonchev–Trinajstić information content (AvgIpc) is 3.35. The molecule has 2 aromatic rings. The number of nitrogens with zero attached hydrogens (tertiary/aromatic N) is 3. The minimum absolute atomic E-state index is 0.0456. The second kappa shape index (κ2) is 10.3. The molecule has 0 bridgehead atoms. The smallest absolute Gasteiger partial charge is 0.254 e. The van der Waals surface area contributed by atoms with Crippen molar-refractivity contribution in [2.75, 3.05) is 26.2 Å². The molecule has 4 rings (SSSR count). The van der Waals surface area contributed by atoms with Crippen molar-refractivity contribution in [2.24, 2.45) is 5.92 Å². The summed E-state index contributed by atoms with van der Waals surface area (Å²) in [6.07, 6.45) is 5.49. The lowest BCUT2D eigenvalue weighted by atomic mass is 10.0. The molecule has 0 atom stereocenters. The minimum atomic E-state index is -0.0456. The van der Waals surface area contributed by atoms with Gasteiger partial charge in [-0.05, 0) is 43.0 Å². The molecule has 6 heteroatoms. The van der Waals surface area contributed by atoms with Gasteiger partial charge in [-0.15, -0.1) is 0 Å². The van der Waals surface area contributed by atoms with Crippen LogP contribution in [0.5, 0.6) is 5.75 Å². The maximum absolute atomic E-state index is 13.0. The zero-order valence-corrected chi connectivity index (χ0v) is 18.3. The summed E-state index contributed by atoms with van der Waals surface area (Å²) in [7, 11) is 0. The fraction of sp³-hybridized carbons (Fsp3) is 0.423. The quantitative estimate of drug-likeness (QED) is 0.693. The van der Waals surface area contributed by atoms with Crippen LogP contribution in [0.2, 0.25) is 0 Å². The summed E-state index contributed by atoms with van der Waals surface area (Å²) in [5.74, 6) is 1.33. The zero-order chi connectivity index (χ0) is 22.3. The Labute approximate surface area is 189 Å². The molecule has 1 aliphatic carbocycles. The standard InChI is InChI=1S/C26H29N3O3/c27-18-22-8-3-4-9-23(22)19-32-24-11-5-10-21(17-24)26(31)29-14-12-28(13-15-29)25(30)16-20-6-1-2-7-20/h3-5,8-11,17,20H,1-2,6-7,12-16,19H2. The molecule has 32 heavy (non-hydrogen) atoms. The van der Waals surface area contributed by atoms with Crippen LogP contribution in [0.15, 0.2) is 48.5 Å². The molecule has 2 aliphatic rings. The first kappa shape index (κ1) is 21.9. The molecule has 0 unspecified atom stereocenters. The highest BCUT2D eigenvalue weighted by atomic mass is 16.5. The van der Waals surface area contributed by atoms with E-state index in [0.717, 1.165) is 5.56 Å². The molecule has 2 aromatic carbocycles. The summed E-state index contributed by atoms with van der Waals surface area (Å²) in [6, 6.07) is 16.6. The predicted octanol–water partition coefficient (Wildman–Crippen LogP) is 4.00. The monoisotopic (exact) mass is 431 g/mol. The Balaban J connectivity index is 1.31. The Bertz CT molecular complexity index is 999. The van der Waals surface area contributed by atoms with Crippen LogP contribution in [0.25, 0.3) is 0 Å². The van der Waals surface area contributed by atoms with E-state index in [1.165, 1.54) is 25.7 Å². The second-order valence-corrected chi connectivity index (χ2v) is 8.61. The van der Waals surface area contributed by atoms with Gasteiger partial charge in [-0.1, -0.05) is 37.1 Å². The molecule has 0 N–H and O–H groups in total. The summed E-state index contributed by atoms with van der Waals surface area (Å²) >= 11 is 0. The third-order valence-electron chi connectivity index (χ3n) is 6.47. The summed E-state index contributed by atoms with van der Waals surface area (Å²) in [6.45, 7) is 2.56. The van der Waals surface area contributed by atoms with E-state index in [4.69, 9.17) is 4.74 Å². The number of nitriles is 1. The number of amides is 2. The van der Waals surface area contributed by atoms with Crippen molar-refractivity contribution in [3.8, 4) is 11.8 Å². The van der Waals surface area contributed by atoms with Gasteiger partial charge in [0.15, 0.2) is 0 Å². The number of hydrogen-bond donors (Lipinski definition) is 0. The Morgan fingerprint density at radius 3 is 2.44 bits per heavy atom. The molecule has 2 fully saturated rings. The molecule has 1 saturated heterocycles. The number of ether oxygens (including phenoxy) is 1. The van der Waals surface area contributed by atoms with Gasteiger partial charge in [0, 0.05) is 43.7 Å². The van der Waals surface area contributed by atoms with Crippen molar-refractivity contribution in [3.05, 3.63) is 65.2 Å². The Morgan fingerprint density at radius 1 is 0.969 bits per heavy atom. The van der Waals surface area contributed by atoms with Crippen LogP contribution in [0.3, 0.4) is 0 Å². The first-order chi connectivity index (χ1) is 15.6. The number of benzene rings is 2. The van der Waals surface area contributed by atoms with Gasteiger partial charge in [0.05, 0.1) is 11.6 Å². The van der Waals surface area contributed by atoms with Gasteiger partial charge in [-0.3, -0.25) is 9.59 Å². The van der Waals surface area contributed by atoms with Crippen LogP contribution in [0, 0.1) is 17.2 Å².